The van der Waals surface area contributed by atoms with Gasteiger partial charge in [0.05, 0.1) is 0 Å². The fourth-order valence-corrected chi connectivity index (χ4v) is 3.30. The molecule has 0 heterocycles. The Hall–Kier alpha value is -1.78. The van der Waals surface area contributed by atoms with Crippen LogP contribution in [0.3, 0.4) is 0 Å². The van der Waals surface area contributed by atoms with Gasteiger partial charge in [0.25, 0.3) is 5.91 Å². The van der Waals surface area contributed by atoms with Crippen molar-refractivity contribution in [2.24, 2.45) is 5.73 Å². The summed E-state index contributed by atoms with van der Waals surface area (Å²) < 4.78 is 0. The molecular formula is C17H19NO2S. The van der Waals surface area contributed by atoms with Gasteiger partial charge in [0.1, 0.15) is 0 Å². The second kappa shape index (κ2) is 6.33. The van der Waals surface area contributed by atoms with Gasteiger partial charge in [-0.15, -0.1) is 11.8 Å². The third kappa shape index (κ3) is 3.28. The van der Waals surface area contributed by atoms with Crippen LogP contribution in [0.1, 0.15) is 18.1 Å². The van der Waals surface area contributed by atoms with Crippen molar-refractivity contribution >= 4 is 17.7 Å². The molecule has 2 aromatic carbocycles. The number of thioether (sulfide) groups is 1. The predicted octanol–water partition coefficient (Wildman–Crippen LogP) is 2.85. The van der Waals surface area contributed by atoms with Gasteiger partial charge in [-0.2, -0.15) is 0 Å². The maximum absolute atomic E-state index is 11.9. The number of aliphatic hydroxyl groups is 1. The van der Waals surface area contributed by atoms with Crippen LogP contribution in [0.5, 0.6) is 0 Å². The highest BCUT2D eigenvalue weighted by atomic mass is 32.2. The molecule has 0 aliphatic carbocycles. The molecule has 1 amide bonds. The monoisotopic (exact) mass is 301 g/mol. The van der Waals surface area contributed by atoms with E-state index in [-0.39, 0.29) is 0 Å². The summed E-state index contributed by atoms with van der Waals surface area (Å²) in [7, 11) is 0. The van der Waals surface area contributed by atoms with Crippen molar-refractivity contribution in [3.05, 3.63) is 65.7 Å². The van der Waals surface area contributed by atoms with Gasteiger partial charge in [-0.1, -0.05) is 48.0 Å². The molecule has 3 N–H and O–H groups in total. The summed E-state index contributed by atoms with van der Waals surface area (Å²) in [6.45, 7) is 3.82. The number of nitrogens with two attached hydrogens (primary N) is 1. The number of rotatable bonds is 5. The molecule has 0 radical (unpaired) electrons. The summed E-state index contributed by atoms with van der Waals surface area (Å²) in [6.07, 6.45) is 0. The second-order valence-corrected chi connectivity index (χ2v) is 6.48. The van der Waals surface area contributed by atoms with Gasteiger partial charge in [-0.05, 0) is 31.5 Å². The van der Waals surface area contributed by atoms with Gasteiger partial charge in [0.15, 0.2) is 5.60 Å². The van der Waals surface area contributed by atoms with Crippen LogP contribution in [0.25, 0.3) is 0 Å². The van der Waals surface area contributed by atoms with Crippen LogP contribution in [0.4, 0.5) is 0 Å². The normalized spacial score (nSPS) is 15.2. The van der Waals surface area contributed by atoms with E-state index in [1.165, 1.54) is 17.3 Å². The molecule has 0 saturated heterocycles. The van der Waals surface area contributed by atoms with E-state index in [0.717, 1.165) is 4.90 Å². The van der Waals surface area contributed by atoms with Crippen molar-refractivity contribution in [2.45, 2.75) is 29.6 Å². The molecule has 0 aliphatic heterocycles. The number of carbonyl (C=O) groups excluding carboxylic acids is 1. The smallest absolute Gasteiger partial charge is 0.255 e. The van der Waals surface area contributed by atoms with Crippen molar-refractivity contribution in [3.8, 4) is 0 Å². The quantitative estimate of drug-likeness (QED) is 0.835. The summed E-state index contributed by atoms with van der Waals surface area (Å²) in [6, 6.07) is 16.8. The number of primary amides is 1. The average Bonchev–Trinajstić information content (AvgIpc) is 2.49. The number of hydrogen-bond acceptors (Lipinski definition) is 3. The first-order chi connectivity index (χ1) is 9.94. The van der Waals surface area contributed by atoms with Crippen LogP contribution >= 0.6 is 11.8 Å². The minimum Gasteiger partial charge on any atom is -0.374 e. The molecule has 0 aliphatic rings. The van der Waals surface area contributed by atoms with Crippen LogP contribution < -0.4 is 5.73 Å². The molecule has 4 heteroatoms. The zero-order valence-electron chi connectivity index (χ0n) is 12.1. The van der Waals surface area contributed by atoms with E-state index in [2.05, 4.69) is 0 Å². The highest BCUT2D eigenvalue weighted by molar-refractivity contribution is 8.00. The van der Waals surface area contributed by atoms with Gasteiger partial charge in [0.2, 0.25) is 0 Å². The Kier molecular flexibility index (Phi) is 4.70. The molecule has 21 heavy (non-hydrogen) atoms. The zero-order chi connectivity index (χ0) is 15.5. The molecule has 3 nitrogen and oxygen atoms in total. The summed E-state index contributed by atoms with van der Waals surface area (Å²) in [4.78, 5) is 12.9. The molecular weight excluding hydrogens is 282 g/mol. The maximum atomic E-state index is 11.9. The number of aryl methyl sites for hydroxylation is 1. The Bertz CT molecular complexity index is 612. The lowest BCUT2D eigenvalue weighted by molar-refractivity contribution is -0.136. The lowest BCUT2D eigenvalue weighted by Gasteiger charge is -2.31. The van der Waals surface area contributed by atoms with Crippen molar-refractivity contribution in [1.82, 2.24) is 0 Å². The predicted molar refractivity (Wildman–Crippen MR) is 86.0 cm³/mol. The Morgan fingerprint density at radius 3 is 2.24 bits per heavy atom. The summed E-state index contributed by atoms with van der Waals surface area (Å²) in [5.74, 6) is -0.735. The first-order valence-electron chi connectivity index (χ1n) is 6.75. The highest BCUT2D eigenvalue weighted by Gasteiger charge is 2.42. The lowest BCUT2D eigenvalue weighted by atomic mass is 9.90. The molecule has 2 atom stereocenters. The van der Waals surface area contributed by atoms with Crippen LogP contribution in [0, 0.1) is 6.92 Å². The van der Waals surface area contributed by atoms with Crippen LogP contribution in [0.2, 0.25) is 0 Å². The third-order valence-electron chi connectivity index (χ3n) is 3.51. The first-order valence-corrected chi connectivity index (χ1v) is 7.63. The topological polar surface area (TPSA) is 63.3 Å². The Morgan fingerprint density at radius 2 is 1.71 bits per heavy atom. The number of amides is 1. The standard InChI is InChI=1S/C17H19NO2S/c1-12-8-10-15(11-9-12)21-13(2)17(20,16(18)19)14-6-4-3-5-7-14/h3-11,13,20H,1-2H3,(H2,18,19)/t13-,17-/m0/s1. The third-order valence-corrected chi connectivity index (χ3v) is 4.75. The molecule has 0 aromatic heterocycles. The van der Waals surface area contributed by atoms with Crippen LogP contribution in [0.15, 0.2) is 59.5 Å². The minimum atomic E-state index is -1.70. The molecule has 0 bridgehead atoms. The van der Waals surface area contributed by atoms with Crippen LogP contribution in [-0.4, -0.2) is 16.3 Å². The van der Waals surface area contributed by atoms with Gasteiger partial charge in [0, 0.05) is 10.1 Å². The number of benzene rings is 2. The van der Waals surface area contributed by atoms with Crippen molar-refractivity contribution in [1.29, 1.82) is 0 Å². The summed E-state index contributed by atoms with van der Waals surface area (Å²) in [5, 5.41) is 10.4. The molecule has 0 unspecified atom stereocenters. The first kappa shape index (κ1) is 15.6. The lowest BCUT2D eigenvalue weighted by Crippen LogP contribution is -2.48. The average molecular weight is 301 g/mol. The van der Waals surface area contributed by atoms with Crippen molar-refractivity contribution in [2.75, 3.05) is 0 Å². The molecule has 110 valence electrons. The van der Waals surface area contributed by atoms with E-state index in [9.17, 15) is 9.90 Å². The van der Waals surface area contributed by atoms with E-state index in [4.69, 9.17) is 5.73 Å². The Balaban J connectivity index is 2.30. The fourth-order valence-electron chi connectivity index (χ4n) is 2.18. The Labute approximate surface area is 129 Å². The SMILES string of the molecule is Cc1ccc(S[C@@H](C)[C@@](O)(C(N)=O)c2ccccc2)cc1. The zero-order valence-corrected chi connectivity index (χ0v) is 12.9. The van der Waals surface area contributed by atoms with E-state index in [0.29, 0.717) is 5.56 Å². The highest BCUT2D eigenvalue weighted by Crippen LogP contribution is 2.36. The number of carbonyl (C=O) groups is 1. The Morgan fingerprint density at radius 1 is 1.14 bits per heavy atom. The van der Waals surface area contributed by atoms with E-state index in [1.54, 1.807) is 24.3 Å². The minimum absolute atomic E-state index is 0.403. The van der Waals surface area contributed by atoms with Crippen LogP contribution in [-0.2, 0) is 10.4 Å². The summed E-state index contributed by atoms with van der Waals surface area (Å²) >= 11 is 1.43. The van der Waals surface area contributed by atoms with Gasteiger partial charge in [-0.25, -0.2) is 0 Å². The molecule has 2 aromatic rings. The van der Waals surface area contributed by atoms with Gasteiger partial charge in [-0.3, -0.25) is 4.79 Å². The molecule has 2 rings (SSSR count). The van der Waals surface area contributed by atoms with Crippen molar-refractivity contribution in [3.63, 3.8) is 0 Å². The number of hydrogen-bond donors (Lipinski definition) is 2. The summed E-state index contributed by atoms with van der Waals surface area (Å²) in [5.41, 5.74) is 5.47. The van der Waals surface area contributed by atoms with E-state index >= 15 is 0 Å². The van der Waals surface area contributed by atoms with Gasteiger partial charge < -0.3 is 10.8 Å². The fraction of sp³-hybridized carbons (Fsp3) is 0.235. The maximum Gasteiger partial charge on any atom is 0.255 e. The molecule has 0 spiro atoms. The molecule has 0 fully saturated rings. The van der Waals surface area contributed by atoms with Gasteiger partial charge >= 0.3 is 0 Å². The van der Waals surface area contributed by atoms with E-state index in [1.807, 2.05) is 44.2 Å². The van der Waals surface area contributed by atoms with Crippen molar-refractivity contribution < 1.29 is 9.90 Å². The molecule has 0 saturated carbocycles. The largest absolute Gasteiger partial charge is 0.374 e. The second-order valence-electron chi connectivity index (χ2n) is 5.07. The van der Waals surface area contributed by atoms with E-state index < -0.39 is 16.8 Å².